The second-order valence-corrected chi connectivity index (χ2v) is 16.0. The quantitative estimate of drug-likeness (QED) is 0.176. The molecule has 3 aromatic heterocycles. The highest BCUT2D eigenvalue weighted by Crippen LogP contribution is 2.43. The highest BCUT2D eigenvalue weighted by atomic mass is 15.1. The summed E-state index contributed by atoms with van der Waals surface area (Å²) in [6, 6.07) is 51.1. The van der Waals surface area contributed by atoms with Crippen molar-refractivity contribution in [2.45, 2.75) is 41.5 Å². The van der Waals surface area contributed by atoms with Crippen molar-refractivity contribution in [1.82, 2.24) is 14.1 Å². The summed E-state index contributed by atoms with van der Waals surface area (Å²) in [6.45, 7) is 13.2. The van der Waals surface area contributed by atoms with E-state index in [2.05, 4.69) is 183 Å². The van der Waals surface area contributed by atoms with Crippen LogP contribution in [0.4, 0.5) is 0 Å². The summed E-state index contributed by atoms with van der Waals surface area (Å²) in [5.74, 6) is 0. The fourth-order valence-electron chi connectivity index (χ4n) is 9.84. The largest absolute Gasteiger partial charge is 0.307 e. The van der Waals surface area contributed by atoms with E-state index >= 15 is 0 Å². The van der Waals surface area contributed by atoms with Crippen LogP contribution < -0.4 is 0 Å². The maximum atomic E-state index is 10.8. The van der Waals surface area contributed by atoms with E-state index in [1.807, 2.05) is 12.1 Å². The van der Waals surface area contributed by atoms with Crippen molar-refractivity contribution in [2.75, 3.05) is 0 Å². The molecule has 0 radical (unpaired) electrons. The van der Waals surface area contributed by atoms with Crippen molar-refractivity contribution in [2.24, 2.45) is 0 Å². The Balaban J connectivity index is 1.31. The first-order valence-corrected chi connectivity index (χ1v) is 19.9. The molecule has 10 rings (SSSR count). The second-order valence-electron chi connectivity index (χ2n) is 16.0. The summed E-state index contributed by atoms with van der Waals surface area (Å²) in [6.07, 6.45) is 3.59. The molecule has 0 atom stereocenters. The molecule has 0 saturated carbocycles. The maximum absolute atomic E-state index is 10.8. The van der Waals surface area contributed by atoms with Gasteiger partial charge in [0.2, 0.25) is 0 Å². The van der Waals surface area contributed by atoms with Crippen molar-refractivity contribution in [1.29, 1.82) is 5.26 Å². The number of aryl methyl sites for hydroxylation is 6. The van der Waals surface area contributed by atoms with Crippen molar-refractivity contribution in [3.63, 3.8) is 0 Å². The minimum atomic E-state index is 0.604. The topological polar surface area (TPSA) is 46.5 Å². The summed E-state index contributed by atoms with van der Waals surface area (Å²) in [7, 11) is 0. The van der Waals surface area contributed by atoms with Gasteiger partial charge in [-0.15, -0.1) is 0 Å². The number of rotatable bonds is 5. The summed E-state index contributed by atoms with van der Waals surface area (Å²) in [4.78, 5) is 4.31. The van der Waals surface area contributed by atoms with Gasteiger partial charge in [0.05, 0.1) is 45.1 Å². The number of fused-ring (bicyclic) bond motifs is 6. The molecule has 0 bridgehead atoms. The first kappa shape index (κ1) is 35.2. The Morgan fingerprint density at radius 2 is 0.862 bits per heavy atom. The Bertz CT molecular complexity index is 3310. The van der Waals surface area contributed by atoms with Crippen LogP contribution in [-0.4, -0.2) is 14.1 Å². The Morgan fingerprint density at radius 3 is 1.33 bits per heavy atom. The molecule has 0 aliphatic heterocycles. The Labute approximate surface area is 338 Å². The summed E-state index contributed by atoms with van der Waals surface area (Å²) >= 11 is 0. The van der Waals surface area contributed by atoms with Gasteiger partial charge < -0.3 is 9.13 Å². The smallest absolute Gasteiger partial charge is 0.0998 e. The lowest BCUT2D eigenvalue weighted by molar-refractivity contribution is 1.09. The van der Waals surface area contributed by atoms with Crippen LogP contribution in [0.15, 0.2) is 146 Å². The molecular formula is C54H42N4. The molecule has 278 valence electrons. The number of hydrogen-bond donors (Lipinski definition) is 0. The molecule has 58 heavy (non-hydrogen) atoms. The number of aromatic nitrogens is 3. The maximum Gasteiger partial charge on any atom is 0.0998 e. The minimum absolute atomic E-state index is 0.604. The average molecular weight is 747 g/mol. The summed E-state index contributed by atoms with van der Waals surface area (Å²) in [5.41, 5.74) is 21.3. The molecule has 0 fully saturated rings. The molecule has 0 unspecified atom stereocenters. The van der Waals surface area contributed by atoms with E-state index in [0.29, 0.717) is 5.56 Å². The van der Waals surface area contributed by atoms with E-state index in [1.54, 1.807) is 12.4 Å². The molecular weight excluding hydrogens is 705 g/mol. The van der Waals surface area contributed by atoms with E-state index in [0.717, 1.165) is 44.6 Å². The highest BCUT2D eigenvalue weighted by Gasteiger charge is 2.23. The number of hydrogen-bond acceptors (Lipinski definition) is 2. The van der Waals surface area contributed by atoms with E-state index in [9.17, 15) is 5.26 Å². The van der Waals surface area contributed by atoms with Crippen LogP contribution in [0.3, 0.4) is 0 Å². The van der Waals surface area contributed by atoms with Gasteiger partial charge in [-0.3, -0.25) is 4.98 Å². The van der Waals surface area contributed by atoms with Gasteiger partial charge in [-0.1, -0.05) is 83.9 Å². The summed E-state index contributed by atoms with van der Waals surface area (Å²) < 4.78 is 4.77. The first-order chi connectivity index (χ1) is 28.2. The third-order valence-electron chi connectivity index (χ3n) is 12.0. The molecule has 10 aromatic rings. The lowest BCUT2D eigenvalue weighted by atomic mass is 9.93. The van der Waals surface area contributed by atoms with Crippen LogP contribution in [0.2, 0.25) is 0 Å². The van der Waals surface area contributed by atoms with Gasteiger partial charge >= 0.3 is 0 Å². The predicted octanol–water partition coefficient (Wildman–Crippen LogP) is 14.0. The number of para-hydroxylation sites is 2. The minimum Gasteiger partial charge on any atom is -0.307 e. The van der Waals surface area contributed by atoms with Crippen molar-refractivity contribution < 1.29 is 0 Å². The zero-order chi connectivity index (χ0) is 39.8. The van der Waals surface area contributed by atoms with E-state index in [-0.39, 0.29) is 0 Å². The van der Waals surface area contributed by atoms with Crippen LogP contribution in [-0.2, 0) is 0 Å². The Kier molecular flexibility index (Phi) is 8.18. The summed E-state index contributed by atoms with van der Waals surface area (Å²) in [5, 5.41) is 15.5. The number of nitriles is 1. The predicted molar refractivity (Wildman–Crippen MR) is 242 cm³/mol. The third kappa shape index (κ3) is 5.46. The monoisotopic (exact) mass is 746 g/mol. The van der Waals surface area contributed by atoms with E-state index in [4.69, 9.17) is 0 Å². The standard InChI is InChI=1S/C54H42N4/c1-32-23-34(3)53(35(4)24-32)39-15-17-49-45(27-39)42-11-7-9-13-47(42)57(49)51-29-41(31-55)44(38-19-21-56-22-20-38)30-52(51)58-48-14-10-8-12-43(48)46-28-40(16-18-50(46)58)54-36(5)25-33(2)26-37(54)6/h7-30H,1-6H3. The van der Waals surface area contributed by atoms with Gasteiger partial charge in [0.25, 0.3) is 0 Å². The van der Waals surface area contributed by atoms with Gasteiger partial charge in [-0.2, -0.15) is 5.26 Å². The zero-order valence-corrected chi connectivity index (χ0v) is 33.6. The normalized spacial score (nSPS) is 11.6. The van der Waals surface area contributed by atoms with Crippen LogP contribution in [0.25, 0.3) is 88.4 Å². The van der Waals surface area contributed by atoms with Gasteiger partial charge in [-0.25, -0.2) is 0 Å². The Morgan fingerprint density at radius 1 is 0.431 bits per heavy atom. The van der Waals surface area contributed by atoms with Gasteiger partial charge in [0, 0.05) is 39.5 Å². The SMILES string of the molecule is Cc1cc(C)c(-c2ccc3c(c2)c2ccccc2n3-c2cc(C#N)c(-c3ccncc3)cc2-n2c3ccccc3c3cc(-c4c(C)cc(C)cc4C)ccc32)c(C)c1. The third-order valence-corrected chi connectivity index (χ3v) is 12.0. The van der Waals surface area contributed by atoms with Crippen LogP contribution in [0, 0.1) is 52.9 Å². The molecule has 0 saturated heterocycles. The van der Waals surface area contributed by atoms with Crippen LogP contribution >= 0.6 is 0 Å². The number of benzene rings is 7. The lowest BCUT2D eigenvalue weighted by Crippen LogP contribution is -2.05. The molecule has 0 N–H and O–H groups in total. The van der Waals surface area contributed by atoms with Crippen molar-refractivity contribution in [3.8, 4) is 50.8 Å². The molecule has 0 amide bonds. The first-order valence-electron chi connectivity index (χ1n) is 19.9. The van der Waals surface area contributed by atoms with Crippen molar-refractivity contribution in [3.05, 3.63) is 185 Å². The Hall–Kier alpha value is -7.22. The van der Waals surface area contributed by atoms with Gasteiger partial charge in [0.1, 0.15) is 0 Å². The number of nitrogens with zero attached hydrogens (tertiary/aromatic N) is 4. The molecule has 4 nitrogen and oxygen atoms in total. The van der Waals surface area contributed by atoms with Gasteiger partial charge in [-0.05, 0) is 152 Å². The van der Waals surface area contributed by atoms with E-state index < -0.39 is 0 Å². The number of pyridine rings is 1. The molecule has 0 aliphatic carbocycles. The molecule has 3 heterocycles. The molecule has 7 aromatic carbocycles. The molecule has 4 heteroatoms. The fraction of sp³-hybridized carbons (Fsp3) is 0.111. The van der Waals surface area contributed by atoms with E-state index in [1.165, 1.54) is 77.2 Å². The molecule has 0 spiro atoms. The zero-order valence-electron chi connectivity index (χ0n) is 33.6. The lowest BCUT2D eigenvalue weighted by Gasteiger charge is -2.20. The fourth-order valence-corrected chi connectivity index (χ4v) is 9.84. The van der Waals surface area contributed by atoms with Crippen LogP contribution in [0.5, 0.6) is 0 Å². The molecule has 0 aliphatic rings. The highest BCUT2D eigenvalue weighted by molar-refractivity contribution is 6.13. The average Bonchev–Trinajstić information content (AvgIpc) is 3.72. The van der Waals surface area contributed by atoms with Crippen molar-refractivity contribution >= 4 is 43.6 Å². The second kappa shape index (κ2) is 13.5. The van der Waals surface area contributed by atoms with Crippen LogP contribution in [0.1, 0.15) is 38.9 Å². The van der Waals surface area contributed by atoms with Gasteiger partial charge in [0.15, 0.2) is 0 Å².